The maximum absolute atomic E-state index is 11.7. The highest BCUT2D eigenvalue weighted by Gasteiger charge is 2.13. The minimum absolute atomic E-state index is 0.0121. The Kier molecular flexibility index (Phi) is 5.58. The number of nitrogens with zero attached hydrogens (tertiary/aromatic N) is 1. The summed E-state index contributed by atoms with van der Waals surface area (Å²) in [6.07, 6.45) is 0.987. The molecular formula is C11H14ClNOS. The zero-order valence-electron chi connectivity index (χ0n) is 8.65. The van der Waals surface area contributed by atoms with E-state index in [-0.39, 0.29) is 11.2 Å². The van der Waals surface area contributed by atoms with Crippen molar-refractivity contribution in [3.8, 4) is 0 Å². The Hall–Kier alpha value is -0.670. The van der Waals surface area contributed by atoms with Gasteiger partial charge in [-0.1, -0.05) is 36.9 Å². The van der Waals surface area contributed by atoms with Gasteiger partial charge in [0.15, 0.2) is 0 Å². The van der Waals surface area contributed by atoms with Crippen molar-refractivity contribution in [3.63, 3.8) is 0 Å². The molecule has 0 unspecified atom stereocenters. The summed E-state index contributed by atoms with van der Waals surface area (Å²) in [6.45, 7) is 2.05. The van der Waals surface area contributed by atoms with E-state index in [1.165, 1.54) is 11.8 Å². The largest absolute Gasteiger partial charge is 0.289 e. The maximum atomic E-state index is 11.7. The van der Waals surface area contributed by atoms with Gasteiger partial charge in [-0.3, -0.25) is 9.69 Å². The van der Waals surface area contributed by atoms with Gasteiger partial charge in [-0.25, -0.2) is 0 Å². The molecule has 1 rings (SSSR count). The van der Waals surface area contributed by atoms with E-state index in [0.29, 0.717) is 0 Å². The van der Waals surface area contributed by atoms with Crippen LogP contribution in [0.3, 0.4) is 0 Å². The Bertz CT molecular complexity index is 305. The molecule has 82 valence electrons. The molecule has 0 saturated carbocycles. The van der Waals surface area contributed by atoms with Gasteiger partial charge in [-0.2, -0.15) is 0 Å². The van der Waals surface area contributed by atoms with E-state index in [2.05, 4.69) is 0 Å². The molecule has 0 N–H and O–H groups in total. The molecule has 0 aliphatic rings. The number of carbonyl (C=O) groups excluding carboxylic acids is 1. The van der Waals surface area contributed by atoms with Crippen LogP contribution < -0.4 is 4.90 Å². The highest BCUT2D eigenvalue weighted by atomic mass is 35.5. The summed E-state index contributed by atoms with van der Waals surface area (Å²) in [5, 5.41) is 0.0121. The van der Waals surface area contributed by atoms with Gasteiger partial charge in [0.05, 0.1) is 0 Å². The van der Waals surface area contributed by atoms with Gasteiger partial charge >= 0.3 is 0 Å². The lowest BCUT2D eigenvalue weighted by Crippen LogP contribution is -2.25. The van der Waals surface area contributed by atoms with Crippen molar-refractivity contribution in [2.45, 2.75) is 13.3 Å². The highest BCUT2D eigenvalue weighted by molar-refractivity contribution is 8.13. The molecule has 0 heterocycles. The summed E-state index contributed by atoms with van der Waals surface area (Å²) in [5.74, 6) is 0.832. The zero-order valence-corrected chi connectivity index (χ0v) is 10.2. The number of anilines is 1. The monoisotopic (exact) mass is 243 g/mol. The number of rotatable bonds is 4. The number of para-hydroxylation sites is 1. The summed E-state index contributed by atoms with van der Waals surface area (Å²) in [7, 11) is 0. The van der Waals surface area contributed by atoms with E-state index < -0.39 is 0 Å². The van der Waals surface area contributed by atoms with Crippen molar-refractivity contribution < 1.29 is 4.79 Å². The van der Waals surface area contributed by atoms with Gasteiger partial charge in [-0.05, 0) is 18.6 Å². The van der Waals surface area contributed by atoms with Gasteiger partial charge in [0.2, 0.25) is 0 Å². The molecule has 0 aliphatic carbocycles. The molecule has 15 heavy (non-hydrogen) atoms. The molecule has 0 atom stereocenters. The predicted octanol–water partition coefficient (Wildman–Crippen LogP) is 3.95. The quantitative estimate of drug-likeness (QED) is 0.590. The topological polar surface area (TPSA) is 20.3 Å². The van der Waals surface area contributed by atoms with E-state index in [1.54, 1.807) is 4.90 Å². The number of hydrogen-bond donors (Lipinski definition) is 0. The lowest BCUT2D eigenvalue weighted by Gasteiger charge is -2.18. The van der Waals surface area contributed by atoms with Crippen LogP contribution in [0.1, 0.15) is 13.3 Å². The maximum Gasteiger partial charge on any atom is 0.287 e. The predicted molar refractivity (Wildman–Crippen MR) is 67.8 cm³/mol. The van der Waals surface area contributed by atoms with E-state index in [1.807, 2.05) is 37.3 Å². The summed E-state index contributed by atoms with van der Waals surface area (Å²) < 4.78 is 0. The Morgan fingerprint density at radius 2 is 2.07 bits per heavy atom. The summed E-state index contributed by atoms with van der Waals surface area (Å²) in [5.41, 5.74) is 0.848. The molecule has 0 aromatic heterocycles. The van der Waals surface area contributed by atoms with Crippen molar-refractivity contribution >= 4 is 34.3 Å². The molecule has 0 spiro atoms. The fourth-order valence-electron chi connectivity index (χ4n) is 1.10. The second-order valence-corrected chi connectivity index (χ2v) is 4.28. The van der Waals surface area contributed by atoms with E-state index >= 15 is 0 Å². The molecule has 0 aliphatic heterocycles. The highest BCUT2D eigenvalue weighted by Crippen LogP contribution is 2.19. The summed E-state index contributed by atoms with van der Waals surface area (Å²) in [4.78, 5) is 13.3. The van der Waals surface area contributed by atoms with Crippen molar-refractivity contribution in [1.29, 1.82) is 0 Å². The van der Waals surface area contributed by atoms with Crippen molar-refractivity contribution in [2.24, 2.45) is 0 Å². The number of thioether (sulfide) groups is 1. The minimum Gasteiger partial charge on any atom is -0.289 e. The molecule has 0 saturated heterocycles. The molecule has 2 nitrogen and oxygen atoms in total. The fourth-order valence-corrected chi connectivity index (χ4v) is 2.12. The lowest BCUT2D eigenvalue weighted by atomic mass is 10.3. The van der Waals surface area contributed by atoms with E-state index in [4.69, 9.17) is 11.6 Å². The SMILES string of the molecule is CCCSC(=O)N(CCl)c1ccccc1. The van der Waals surface area contributed by atoms with Gasteiger partial charge in [0.1, 0.15) is 6.00 Å². The van der Waals surface area contributed by atoms with E-state index in [9.17, 15) is 4.79 Å². The third kappa shape index (κ3) is 3.76. The van der Waals surface area contributed by atoms with Crippen LogP contribution in [0.5, 0.6) is 0 Å². The van der Waals surface area contributed by atoms with Crippen LogP contribution in [0, 0.1) is 0 Å². The molecule has 0 radical (unpaired) electrons. The summed E-state index contributed by atoms with van der Waals surface area (Å²) in [6, 6.07) is 9.66. The van der Waals surface area contributed by atoms with Crippen molar-refractivity contribution in [1.82, 2.24) is 0 Å². The Morgan fingerprint density at radius 1 is 1.40 bits per heavy atom. The van der Waals surface area contributed by atoms with Crippen LogP contribution >= 0.6 is 23.4 Å². The molecule has 1 aromatic carbocycles. The van der Waals surface area contributed by atoms with Gasteiger partial charge in [0.25, 0.3) is 5.24 Å². The zero-order chi connectivity index (χ0) is 11.1. The second-order valence-electron chi connectivity index (χ2n) is 3.00. The van der Waals surface area contributed by atoms with Crippen molar-refractivity contribution in [3.05, 3.63) is 30.3 Å². The Morgan fingerprint density at radius 3 is 2.60 bits per heavy atom. The molecule has 4 heteroatoms. The first-order valence-corrected chi connectivity index (χ1v) is 6.37. The minimum atomic E-state index is 0.0121. The van der Waals surface area contributed by atoms with E-state index in [0.717, 1.165) is 17.9 Å². The standard InChI is InChI=1S/C11H14ClNOS/c1-2-8-15-11(14)13(9-12)10-6-4-3-5-7-10/h3-7H,2,8-9H2,1H3. The number of amides is 1. The fraction of sp³-hybridized carbons (Fsp3) is 0.364. The molecule has 1 aromatic rings. The van der Waals surface area contributed by atoms with Crippen LogP contribution in [0.2, 0.25) is 0 Å². The van der Waals surface area contributed by atoms with Gasteiger partial charge in [0, 0.05) is 11.4 Å². The molecule has 1 amide bonds. The van der Waals surface area contributed by atoms with Crippen LogP contribution in [-0.4, -0.2) is 17.0 Å². The molecule has 0 fully saturated rings. The third-order valence-corrected chi connectivity index (χ3v) is 3.16. The van der Waals surface area contributed by atoms with Crippen LogP contribution in [-0.2, 0) is 0 Å². The number of carbonyl (C=O) groups is 1. The third-order valence-electron chi connectivity index (χ3n) is 1.84. The summed E-state index contributed by atoms with van der Waals surface area (Å²) >= 11 is 7.07. The van der Waals surface area contributed by atoms with Crippen LogP contribution in [0.25, 0.3) is 0 Å². The van der Waals surface area contributed by atoms with Crippen molar-refractivity contribution in [2.75, 3.05) is 16.7 Å². The second kappa shape index (κ2) is 6.75. The van der Waals surface area contributed by atoms with Crippen LogP contribution in [0.15, 0.2) is 30.3 Å². The lowest BCUT2D eigenvalue weighted by molar-refractivity contribution is 0.266. The Labute approximate surface area is 99.6 Å². The number of alkyl halides is 1. The molecule has 0 bridgehead atoms. The average molecular weight is 244 g/mol. The number of halogens is 1. The first kappa shape index (κ1) is 12.4. The van der Waals surface area contributed by atoms with Gasteiger partial charge < -0.3 is 0 Å². The molecular weight excluding hydrogens is 230 g/mol. The Balaban J connectivity index is 2.67. The first-order chi connectivity index (χ1) is 7.29. The van der Waals surface area contributed by atoms with Gasteiger partial charge in [-0.15, -0.1) is 11.6 Å². The normalized spacial score (nSPS) is 10.0. The average Bonchev–Trinajstić information content (AvgIpc) is 2.29. The number of hydrogen-bond acceptors (Lipinski definition) is 2. The van der Waals surface area contributed by atoms with Crippen LogP contribution in [0.4, 0.5) is 10.5 Å². The first-order valence-electron chi connectivity index (χ1n) is 4.85. The smallest absolute Gasteiger partial charge is 0.287 e. The number of benzene rings is 1.